The molecule has 24 nitrogen and oxygen atoms in total. The first kappa shape index (κ1) is 60.6. The molecule has 2 aliphatic carbocycles. The van der Waals surface area contributed by atoms with E-state index in [4.69, 9.17) is 31.0 Å². The third-order valence-electron chi connectivity index (χ3n) is 12.7. The Kier molecular flexibility index (Phi) is 22.7. The summed E-state index contributed by atoms with van der Waals surface area (Å²) in [7, 11) is -0.179. The minimum atomic E-state index is -3.93. The Balaban J connectivity index is 0.000000307. The van der Waals surface area contributed by atoms with Crippen molar-refractivity contribution in [2.24, 2.45) is 11.8 Å². The van der Waals surface area contributed by atoms with E-state index < -0.39 is 60.5 Å². The van der Waals surface area contributed by atoms with Gasteiger partial charge in [-0.3, -0.25) is 39.6 Å². The number of rotatable bonds is 21. The van der Waals surface area contributed by atoms with E-state index in [-0.39, 0.29) is 77.3 Å². The Labute approximate surface area is 439 Å². The van der Waals surface area contributed by atoms with Crippen molar-refractivity contribution in [3.05, 3.63) is 91.0 Å². The van der Waals surface area contributed by atoms with Gasteiger partial charge in [-0.05, 0) is 119 Å². The number of fused-ring (bicyclic) bond motifs is 1. The molecule has 4 aromatic rings. The summed E-state index contributed by atoms with van der Waals surface area (Å²) in [5.74, 6) is -1.09. The van der Waals surface area contributed by atoms with Crippen LogP contribution in [0.5, 0.6) is 6.01 Å². The number of anilines is 4. The summed E-state index contributed by atoms with van der Waals surface area (Å²) in [5, 5.41) is 28.4. The third-order valence-corrected chi connectivity index (χ3v) is 13.5. The molecule has 4 heterocycles. The third kappa shape index (κ3) is 17.0. The van der Waals surface area contributed by atoms with Crippen LogP contribution < -0.4 is 26.0 Å². The topological polar surface area (TPSA) is 323 Å². The van der Waals surface area contributed by atoms with Crippen LogP contribution in [0.4, 0.5) is 34.6 Å². The van der Waals surface area contributed by atoms with E-state index in [9.17, 15) is 38.2 Å². The van der Waals surface area contributed by atoms with Gasteiger partial charge in [-0.25, -0.2) is 8.42 Å². The number of carbonyl (C=O) groups is 2. The summed E-state index contributed by atoms with van der Waals surface area (Å²) in [4.78, 5) is 70.9. The molecule has 8 rings (SSSR count). The van der Waals surface area contributed by atoms with Gasteiger partial charge < -0.3 is 35.5 Å². The number of aromatic nitrogens is 4. The summed E-state index contributed by atoms with van der Waals surface area (Å²) in [6.45, 7) is 9.10. The number of likely N-dealkylation sites (tertiary alicyclic amines) is 2. The van der Waals surface area contributed by atoms with Crippen LogP contribution in [-0.4, -0.2) is 132 Å². The fourth-order valence-electron chi connectivity index (χ4n) is 9.42. The van der Waals surface area contributed by atoms with Crippen LogP contribution in [0.1, 0.15) is 95.9 Å². The molecule has 2 aliphatic heterocycles. The summed E-state index contributed by atoms with van der Waals surface area (Å²) in [6, 6.07) is 15.7. The quantitative estimate of drug-likeness (QED) is 0.0282. The summed E-state index contributed by atoms with van der Waals surface area (Å²) < 4.78 is 40.3. The van der Waals surface area contributed by atoms with Gasteiger partial charge in [0.1, 0.15) is 19.2 Å². The maximum atomic E-state index is 12.5. The average Bonchev–Trinajstić information content (AvgIpc) is 3.74. The molecule has 0 bridgehead atoms. The Hall–Kier alpha value is -6.93. The summed E-state index contributed by atoms with van der Waals surface area (Å²) >= 11 is 0. The van der Waals surface area contributed by atoms with E-state index in [0.29, 0.717) is 11.8 Å². The van der Waals surface area contributed by atoms with E-state index in [2.05, 4.69) is 49.5 Å². The zero-order valence-electron chi connectivity index (χ0n) is 41.4. The zero-order valence-corrected chi connectivity index (χ0v) is 42.2. The first-order valence-corrected chi connectivity index (χ1v) is 26.1. The predicted molar refractivity (Wildman–Crippen MR) is 284 cm³/mol. The van der Waals surface area contributed by atoms with Crippen molar-refractivity contribution in [1.29, 1.82) is 5.31 Å². The Bertz CT molecular complexity index is 2700. The number of nitrogens with one attached hydrogen (secondary N) is 1. The molecule has 2 saturated heterocycles. The Morgan fingerprint density at radius 2 is 1.12 bits per heavy atom. The number of benzene rings is 2. The van der Waals surface area contributed by atoms with Crippen LogP contribution in [0.15, 0.2) is 53.7 Å². The number of nitro groups is 2. The van der Waals surface area contributed by atoms with Crippen LogP contribution in [-0.2, 0) is 55.1 Å². The molecular formula is C49H71BN13O11S. The molecule has 0 amide bonds. The van der Waals surface area contributed by atoms with Crippen molar-refractivity contribution in [2.45, 2.75) is 111 Å². The number of nitrogens with two attached hydrogens (primary N) is 2. The van der Waals surface area contributed by atoms with Gasteiger partial charge in [-0.1, -0.05) is 63.4 Å². The second kappa shape index (κ2) is 28.1. The number of nitrogen functional groups attached to an aromatic ring is 2. The zero-order chi connectivity index (χ0) is 52.8. The van der Waals surface area contributed by atoms with Gasteiger partial charge in [-0.15, -0.1) is 0 Å². The fourth-order valence-corrected chi connectivity index (χ4v) is 9.94. The second-order valence-corrected chi connectivity index (χ2v) is 20.2. The predicted octanol–water partition coefficient (Wildman–Crippen LogP) is 6.04. The van der Waals surface area contributed by atoms with Crippen molar-refractivity contribution < 1.29 is 42.1 Å². The standard InChI is InChI=1S/C26H34N6O5.C21H28N6O6S.2CH4.BHN/c1-2-36-22(33)16-31(15-18-7-5-6-17(10-18)14-30-8-3-4-9-30)25-23(32(34)35)24(27)28-26(29-25)37-21-12-19-11-20(19)13-21;1-3-33-17(28)14-26(13-16-8-6-7-15(11-16)12-25-9-4-5-10-25)20-18(27(29)30)19(22)23-21(24-20)34(2,31)32;;;1-2/h5-7,10,19-21H,2-4,8-9,11-16H2,1H3,(H2,27,28,29);6-8,11H,3-5,9-10,12-14H2,1-2H3,(H2,22,23,24);2*1H4;2H/t19-,20+,21?;;;;. The number of carbonyl (C=O) groups excluding carboxylic acids is 2. The first-order chi connectivity index (χ1) is 35.0. The van der Waals surface area contributed by atoms with Crippen LogP contribution in [0, 0.1) is 37.4 Å². The summed E-state index contributed by atoms with van der Waals surface area (Å²) in [5.41, 5.74) is 14.5. The van der Waals surface area contributed by atoms with E-state index >= 15 is 0 Å². The summed E-state index contributed by atoms with van der Waals surface area (Å²) in [6.07, 6.45) is 8.67. The molecule has 1 radical (unpaired) electrons. The minimum absolute atomic E-state index is 0. The van der Waals surface area contributed by atoms with E-state index in [1.54, 1.807) is 13.8 Å². The Morgan fingerprint density at radius 1 is 0.707 bits per heavy atom. The van der Waals surface area contributed by atoms with Crippen molar-refractivity contribution in [3.63, 3.8) is 0 Å². The van der Waals surface area contributed by atoms with Crippen LogP contribution in [0.25, 0.3) is 0 Å². The monoisotopic (exact) mass is 1060 g/mol. The molecule has 407 valence electrons. The number of hydrogen-bond donors (Lipinski definition) is 3. The Morgan fingerprint density at radius 3 is 1.53 bits per heavy atom. The maximum absolute atomic E-state index is 12.5. The molecule has 1 unspecified atom stereocenters. The van der Waals surface area contributed by atoms with Crippen molar-refractivity contribution in [3.8, 4) is 6.01 Å². The molecular weight excluding hydrogens is 989 g/mol. The first-order valence-electron chi connectivity index (χ1n) is 24.2. The molecule has 75 heavy (non-hydrogen) atoms. The van der Waals surface area contributed by atoms with Crippen LogP contribution in [0.2, 0.25) is 0 Å². The van der Waals surface area contributed by atoms with Gasteiger partial charge in [0.05, 0.1) is 23.1 Å². The number of nitrogens with zero attached hydrogens (tertiary/aromatic N) is 10. The van der Waals surface area contributed by atoms with E-state index in [0.717, 1.165) is 93.5 Å². The molecule has 2 aromatic carbocycles. The molecule has 0 spiro atoms. The van der Waals surface area contributed by atoms with Crippen LogP contribution in [0.3, 0.4) is 0 Å². The van der Waals surface area contributed by atoms with Gasteiger partial charge in [0.2, 0.25) is 33.1 Å². The van der Waals surface area contributed by atoms with Gasteiger partial charge >= 0.3 is 42.3 Å². The van der Waals surface area contributed by atoms with Crippen molar-refractivity contribution in [2.75, 3.05) is 80.0 Å². The molecule has 26 heteroatoms. The van der Waals surface area contributed by atoms with Gasteiger partial charge in [0, 0.05) is 32.4 Å². The molecule has 4 aliphatic rings. The molecule has 2 saturated carbocycles. The molecule has 4 fully saturated rings. The van der Waals surface area contributed by atoms with Crippen LogP contribution >= 0.6 is 0 Å². The number of esters is 2. The van der Waals surface area contributed by atoms with Gasteiger partial charge in [0.25, 0.3) is 5.16 Å². The SMILES string of the molecule is C.C.CCOC(=O)CN(Cc1cccc(CN2CCCC2)c1)c1nc(OC2C[C@@H]3C[C@@H]3C2)nc(N)c1[N+](=O)[O-].CCOC(=O)CN(Cc1cccc(CN2CCCC2)c1)c1nc(S(C)(=O)=O)nc(N)c1[N+](=O)[O-].[B]=N. The second-order valence-electron chi connectivity index (χ2n) is 18.3. The van der Waals surface area contributed by atoms with Gasteiger partial charge in [-0.2, -0.15) is 19.9 Å². The average molecular weight is 1060 g/mol. The molecule has 2 aromatic heterocycles. The fraction of sp³-hybridized carbons (Fsp3) is 0.551. The number of sulfone groups is 1. The number of hydrogen-bond acceptors (Lipinski definition) is 22. The van der Waals surface area contributed by atoms with E-state index in [1.807, 2.05) is 36.4 Å². The number of ether oxygens (including phenoxy) is 3. The molecule has 3 atom stereocenters. The van der Waals surface area contributed by atoms with E-state index in [1.165, 1.54) is 29.1 Å². The normalized spacial score (nSPS) is 17.5. The molecule has 5 N–H and O–H groups in total. The van der Waals surface area contributed by atoms with Crippen molar-refractivity contribution in [1.82, 2.24) is 29.7 Å². The van der Waals surface area contributed by atoms with Gasteiger partial charge in [0.15, 0.2) is 0 Å². The van der Waals surface area contributed by atoms with Crippen molar-refractivity contribution >= 4 is 64.1 Å².